The van der Waals surface area contributed by atoms with E-state index in [-0.39, 0.29) is 12.0 Å². The molecule has 0 spiro atoms. The van der Waals surface area contributed by atoms with Gasteiger partial charge >= 0.3 is 0 Å². The highest BCUT2D eigenvalue weighted by atomic mass is 32.1. The van der Waals surface area contributed by atoms with Crippen molar-refractivity contribution in [3.05, 3.63) is 11.6 Å². The number of aromatic nitrogens is 1. The number of ether oxygens (including phenoxy) is 1. The number of hydrogen-bond donors (Lipinski definition) is 1. The number of thiazole rings is 1. The molecule has 2 rings (SSSR count). The molecule has 0 aromatic carbocycles. The van der Waals surface area contributed by atoms with E-state index in [1.54, 1.807) is 6.20 Å². The molecule has 1 aromatic rings. The van der Waals surface area contributed by atoms with Crippen LogP contribution in [0.15, 0.2) is 11.6 Å². The second-order valence-corrected chi connectivity index (χ2v) is 4.46. The highest BCUT2D eigenvalue weighted by molar-refractivity contribution is 7.11. The third-order valence-corrected chi connectivity index (χ3v) is 3.34. The van der Waals surface area contributed by atoms with Crippen molar-refractivity contribution >= 4 is 11.3 Å². The van der Waals surface area contributed by atoms with Gasteiger partial charge in [-0.15, -0.1) is 0 Å². The fraction of sp³-hybridized carbons (Fsp3) is 0.667. The lowest BCUT2D eigenvalue weighted by Crippen LogP contribution is -2.39. The van der Waals surface area contributed by atoms with Crippen molar-refractivity contribution in [3.63, 3.8) is 0 Å². The molecule has 0 unspecified atom stereocenters. The third-order valence-electron chi connectivity index (χ3n) is 2.66. The van der Waals surface area contributed by atoms with Gasteiger partial charge in [0.05, 0.1) is 13.2 Å². The Kier molecular flexibility index (Phi) is 2.51. The number of aliphatic hydroxyl groups is 1. The highest BCUT2D eigenvalue weighted by Crippen LogP contribution is 2.40. The van der Waals surface area contributed by atoms with Gasteiger partial charge in [0.25, 0.3) is 5.19 Å². The molecule has 72 valence electrons. The quantitative estimate of drug-likeness (QED) is 0.802. The zero-order valence-corrected chi connectivity index (χ0v) is 8.22. The van der Waals surface area contributed by atoms with Crippen LogP contribution in [0.2, 0.25) is 0 Å². The molecule has 1 fully saturated rings. The minimum absolute atomic E-state index is 0.0334. The summed E-state index contributed by atoms with van der Waals surface area (Å²) >= 11 is 1.49. The van der Waals surface area contributed by atoms with Gasteiger partial charge in [-0.3, -0.25) is 0 Å². The zero-order chi connectivity index (χ0) is 9.15. The molecule has 1 heterocycles. The first-order valence-electron chi connectivity index (χ1n) is 4.48. The normalized spacial score (nSPS) is 19.5. The van der Waals surface area contributed by atoms with E-state index in [1.165, 1.54) is 17.8 Å². The first-order chi connectivity index (χ1) is 6.35. The van der Waals surface area contributed by atoms with Gasteiger partial charge in [-0.2, -0.15) is 0 Å². The number of aliphatic hydroxyl groups excluding tert-OH is 1. The summed E-state index contributed by atoms with van der Waals surface area (Å²) in [5.41, 5.74) is 0.0334. The summed E-state index contributed by atoms with van der Waals surface area (Å²) in [6, 6.07) is 0. The molecule has 0 bridgehead atoms. The Hall–Kier alpha value is -0.610. The number of hydrogen-bond acceptors (Lipinski definition) is 4. The summed E-state index contributed by atoms with van der Waals surface area (Å²) in [6.45, 7) is 0.843. The van der Waals surface area contributed by atoms with E-state index in [0.717, 1.165) is 12.8 Å². The lowest BCUT2D eigenvalue weighted by molar-refractivity contribution is 0.0000296. The summed E-state index contributed by atoms with van der Waals surface area (Å²) in [6.07, 6.45) is 5.10. The van der Waals surface area contributed by atoms with Gasteiger partial charge in [0, 0.05) is 17.0 Å². The molecular formula is C9H13NO2S. The maximum absolute atomic E-state index is 9.17. The Morgan fingerprint density at radius 3 is 2.92 bits per heavy atom. The van der Waals surface area contributed by atoms with E-state index in [9.17, 15) is 0 Å². The molecule has 1 aliphatic carbocycles. The van der Waals surface area contributed by atoms with Crippen molar-refractivity contribution in [2.75, 3.05) is 13.2 Å². The summed E-state index contributed by atoms with van der Waals surface area (Å²) in [4.78, 5) is 4.03. The van der Waals surface area contributed by atoms with Crippen LogP contribution in [0.25, 0.3) is 0 Å². The maximum atomic E-state index is 9.17. The summed E-state index contributed by atoms with van der Waals surface area (Å²) in [7, 11) is 0. The second-order valence-electron chi connectivity index (χ2n) is 3.60. The monoisotopic (exact) mass is 199 g/mol. The first kappa shape index (κ1) is 8.97. The predicted octanol–water partition coefficient (Wildman–Crippen LogP) is 1.68. The van der Waals surface area contributed by atoms with Gasteiger partial charge in [0.2, 0.25) is 0 Å². The number of rotatable bonds is 4. The van der Waals surface area contributed by atoms with Gasteiger partial charge in [-0.25, -0.2) is 4.98 Å². The molecule has 1 N–H and O–H groups in total. The molecule has 13 heavy (non-hydrogen) atoms. The standard InChI is InChI=1S/C9H13NO2S/c11-6-9(2-1-3-9)7-12-8-10-4-5-13-8/h4-5,11H,1-3,6-7H2. The van der Waals surface area contributed by atoms with E-state index >= 15 is 0 Å². The van der Waals surface area contributed by atoms with Gasteiger partial charge in [-0.05, 0) is 12.8 Å². The SMILES string of the molecule is OCC1(COc2nccs2)CCC1. The Morgan fingerprint density at radius 1 is 1.62 bits per heavy atom. The van der Waals surface area contributed by atoms with Crippen molar-refractivity contribution in [1.29, 1.82) is 0 Å². The smallest absolute Gasteiger partial charge is 0.273 e. The molecular weight excluding hydrogens is 186 g/mol. The van der Waals surface area contributed by atoms with Crippen LogP contribution in [0.3, 0.4) is 0 Å². The van der Waals surface area contributed by atoms with Crippen LogP contribution in [0.5, 0.6) is 5.19 Å². The van der Waals surface area contributed by atoms with Gasteiger partial charge < -0.3 is 9.84 Å². The van der Waals surface area contributed by atoms with Gasteiger partial charge in [0.15, 0.2) is 0 Å². The minimum atomic E-state index is 0.0334. The van der Waals surface area contributed by atoms with Crippen LogP contribution in [0, 0.1) is 5.41 Å². The Labute approximate surface area is 81.4 Å². The Bertz CT molecular complexity index is 251. The van der Waals surface area contributed by atoms with Crippen LogP contribution >= 0.6 is 11.3 Å². The fourth-order valence-electron chi connectivity index (χ4n) is 1.52. The third kappa shape index (κ3) is 1.84. The molecule has 0 aliphatic heterocycles. The molecule has 0 amide bonds. The zero-order valence-electron chi connectivity index (χ0n) is 7.40. The van der Waals surface area contributed by atoms with E-state index in [2.05, 4.69) is 4.98 Å². The van der Waals surface area contributed by atoms with Crippen LogP contribution < -0.4 is 4.74 Å². The van der Waals surface area contributed by atoms with Crippen molar-refractivity contribution in [2.24, 2.45) is 5.41 Å². The summed E-state index contributed by atoms with van der Waals surface area (Å²) < 4.78 is 5.49. The highest BCUT2D eigenvalue weighted by Gasteiger charge is 2.37. The largest absolute Gasteiger partial charge is 0.469 e. The van der Waals surface area contributed by atoms with Crippen LogP contribution in [0.1, 0.15) is 19.3 Å². The summed E-state index contributed by atoms with van der Waals surface area (Å²) in [5, 5.41) is 11.8. The Balaban J connectivity index is 1.84. The summed E-state index contributed by atoms with van der Waals surface area (Å²) in [5.74, 6) is 0. The molecule has 4 heteroatoms. The topological polar surface area (TPSA) is 42.4 Å². The van der Waals surface area contributed by atoms with Gasteiger partial charge in [-0.1, -0.05) is 17.8 Å². The number of nitrogens with zero attached hydrogens (tertiary/aromatic N) is 1. The molecule has 0 atom stereocenters. The molecule has 1 aliphatic rings. The van der Waals surface area contributed by atoms with Crippen LogP contribution in [-0.4, -0.2) is 23.3 Å². The average molecular weight is 199 g/mol. The lowest BCUT2D eigenvalue weighted by atomic mass is 9.70. The molecule has 0 saturated heterocycles. The van der Waals surface area contributed by atoms with Crippen LogP contribution in [-0.2, 0) is 0 Å². The molecule has 1 aromatic heterocycles. The van der Waals surface area contributed by atoms with E-state index in [4.69, 9.17) is 9.84 Å². The van der Waals surface area contributed by atoms with Gasteiger partial charge in [0.1, 0.15) is 0 Å². The second kappa shape index (κ2) is 3.64. The van der Waals surface area contributed by atoms with Crippen LogP contribution in [0.4, 0.5) is 0 Å². The fourth-order valence-corrected chi connectivity index (χ4v) is 2.01. The van der Waals surface area contributed by atoms with Crippen molar-refractivity contribution < 1.29 is 9.84 Å². The average Bonchev–Trinajstić information content (AvgIpc) is 2.56. The maximum Gasteiger partial charge on any atom is 0.273 e. The lowest BCUT2D eigenvalue weighted by Gasteiger charge is -2.39. The van der Waals surface area contributed by atoms with Crippen molar-refractivity contribution in [2.45, 2.75) is 19.3 Å². The van der Waals surface area contributed by atoms with E-state index < -0.39 is 0 Å². The molecule has 0 radical (unpaired) electrons. The molecule has 3 nitrogen and oxygen atoms in total. The minimum Gasteiger partial charge on any atom is -0.469 e. The molecule has 1 saturated carbocycles. The van der Waals surface area contributed by atoms with E-state index in [1.807, 2.05) is 5.38 Å². The Morgan fingerprint density at radius 2 is 2.46 bits per heavy atom. The predicted molar refractivity (Wildman–Crippen MR) is 51.0 cm³/mol. The van der Waals surface area contributed by atoms with Crippen molar-refractivity contribution in [1.82, 2.24) is 4.98 Å². The first-order valence-corrected chi connectivity index (χ1v) is 5.36. The van der Waals surface area contributed by atoms with E-state index in [0.29, 0.717) is 11.8 Å². The van der Waals surface area contributed by atoms with Crippen molar-refractivity contribution in [3.8, 4) is 5.19 Å².